The van der Waals surface area contributed by atoms with Crippen LogP contribution in [0.2, 0.25) is 0 Å². The number of anilines is 1. The SMILES string of the molecule is CC(C)c1nc(N)cc(Oc2cnn(C)c2)n1. The van der Waals surface area contributed by atoms with E-state index in [1.165, 1.54) is 0 Å². The van der Waals surface area contributed by atoms with Crippen LogP contribution >= 0.6 is 0 Å². The highest BCUT2D eigenvalue weighted by atomic mass is 16.5. The molecule has 0 bridgehead atoms. The van der Waals surface area contributed by atoms with E-state index in [0.29, 0.717) is 23.3 Å². The van der Waals surface area contributed by atoms with Gasteiger partial charge in [0, 0.05) is 19.0 Å². The normalized spacial score (nSPS) is 10.8. The zero-order valence-electron chi connectivity index (χ0n) is 10.1. The van der Waals surface area contributed by atoms with Crippen LogP contribution in [0.1, 0.15) is 25.6 Å². The molecule has 0 radical (unpaired) electrons. The van der Waals surface area contributed by atoms with Crippen molar-refractivity contribution in [2.75, 3.05) is 5.73 Å². The Morgan fingerprint density at radius 2 is 2.12 bits per heavy atom. The topological polar surface area (TPSA) is 78.9 Å². The van der Waals surface area contributed by atoms with Crippen LogP contribution in [0, 0.1) is 0 Å². The van der Waals surface area contributed by atoms with Crippen LogP contribution in [0.25, 0.3) is 0 Å². The average Bonchev–Trinajstić information content (AvgIpc) is 2.63. The van der Waals surface area contributed by atoms with E-state index in [0.717, 1.165) is 0 Å². The van der Waals surface area contributed by atoms with E-state index < -0.39 is 0 Å². The van der Waals surface area contributed by atoms with Crippen LogP contribution in [0.5, 0.6) is 11.6 Å². The van der Waals surface area contributed by atoms with Crippen LogP contribution in [-0.4, -0.2) is 19.7 Å². The molecule has 0 aliphatic carbocycles. The maximum atomic E-state index is 5.70. The largest absolute Gasteiger partial charge is 0.436 e. The van der Waals surface area contributed by atoms with Gasteiger partial charge >= 0.3 is 0 Å². The van der Waals surface area contributed by atoms with Gasteiger partial charge in [-0.15, -0.1) is 0 Å². The fourth-order valence-electron chi connectivity index (χ4n) is 1.34. The van der Waals surface area contributed by atoms with E-state index in [1.54, 1.807) is 23.1 Å². The molecule has 2 N–H and O–H groups in total. The summed E-state index contributed by atoms with van der Waals surface area (Å²) >= 11 is 0. The van der Waals surface area contributed by atoms with Crippen molar-refractivity contribution in [2.24, 2.45) is 7.05 Å². The predicted octanol–water partition coefficient (Wildman–Crippen LogP) is 1.71. The fraction of sp³-hybridized carbons (Fsp3) is 0.364. The summed E-state index contributed by atoms with van der Waals surface area (Å²) in [6.07, 6.45) is 3.38. The summed E-state index contributed by atoms with van der Waals surface area (Å²) in [6.45, 7) is 4.01. The first kappa shape index (κ1) is 11.4. The van der Waals surface area contributed by atoms with Gasteiger partial charge in [0.25, 0.3) is 0 Å². The first-order valence-electron chi connectivity index (χ1n) is 5.35. The summed E-state index contributed by atoms with van der Waals surface area (Å²) in [5.41, 5.74) is 5.70. The molecule has 2 rings (SSSR count). The second kappa shape index (κ2) is 4.40. The smallest absolute Gasteiger partial charge is 0.224 e. The van der Waals surface area contributed by atoms with Crippen molar-refractivity contribution in [2.45, 2.75) is 19.8 Å². The Kier molecular flexibility index (Phi) is 2.95. The summed E-state index contributed by atoms with van der Waals surface area (Å²) in [6, 6.07) is 1.60. The molecule has 17 heavy (non-hydrogen) atoms. The molecule has 0 fully saturated rings. The summed E-state index contributed by atoms with van der Waals surface area (Å²) in [4.78, 5) is 8.43. The number of ether oxygens (including phenoxy) is 1. The molecular formula is C11H15N5O. The predicted molar refractivity (Wildman–Crippen MR) is 63.8 cm³/mol. The molecule has 0 aliphatic heterocycles. The molecule has 0 spiro atoms. The number of nitrogen functional groups attached to an aromatic ring is 1. The van der Waals surface area contributed by atoms with Crippen molar-refractivity contribution in [1.29, 1.82) is 0 Å². The highest BCUT2D eigenvalue weighted by molar-refractivity contribution is 5.35. The van der Waals surface area contributed by atoms with Gasteiger partial charge in [0.1, 0.15) is 11.6 Å². The third-order valence-electron chi connectivity index (χ3n) is 2.16. The van der Waals surface area contributed by atoms with E-state index >= 15 is 0 Å². The van der Waals surface area contributed by atoms with Gasteiger partial charge in [0.15, 0.2) is 5.75 Å². The van der Waals surface area contributed by atoms with E-state index in [-0.39, 0.29) is 5.92 Å². The minimum absolute atomic E-state index is 0.203. The third kappa shape index (κ3) is 2.72. The summed E-state index contributed by atoms with van der Waals surface area (Å²) < 4.78 is 7.21. The number of rotatable bonds is 3. The lowest BCUT2D eigenvalue weighted by atomic mass is 10.2. The lowest BCUT2D eigenvalue weighted by Gasteiger charge is -2.07. The molecule has 0 saturated carbocycles. The van der Waals surface area contributed by atoms with Gasteiger partial charge in [0.2, 0.25) is 5.88 Å². The van der Waals surface area contributed by atoms with Crippen LogP contribution in [0.4, 0.5) is 5.82 Å². The van der Waals surface area contributed by atoms with E-state index in [4.69, 9.17) is 10.5 Å². The van der Waals surface area contributed by atoms with Gasteiger partial charge < -0.3 is 10.5 Å². The fourth-order valence-corrected chi connectivity index (χ4v) is 1.34. The lowest BCUT2D eigenvalue weighted by molar-refractivity contribution is 0.457. The second-order valence-electron chi connectivity index (χ2n) is 4.10. The number of nitrogens with zero attached hydrogens (tertiary/aromatic N) is 4. The summed E-state index contributed by atoms with van der Waals surface area (Å²) in [5, 5.41) is 4.01. The zero-order chi connectivity index (χ0) is 12.4. The standard InChI is InChI=1S/C11H15N5O/c1-7(2)11-14-9(12)4-10(15-11)17-8-5-13-16(3)6-8/h4-7H,1-3H3,(H2,12,14,15). The highest BCUT2D eigenvalue weighted by Crippen LogP contribution is 2.21. The molecular weight excluding hydrogens is 218 g/mol. The number of hydrogen-bond donors (Lipinski definition) is 1. The van der Waals surface area contributed by atoms with E-state index in [9.17, 15) is 0 Å². The molecule has 0 aromatic carbocycles. The maximum absolute atomic E-state index is 5.70. The first-order valence-corrected chi connectivity index (χ1v) is 5.35. The van der Waals surface area contributed by atoms with Crippen molar-refractivity contribution in [3.8, 4) is 11.6 Å². The van der Waals surface area contributed by atoms with Crippen molar-refractivity contribution in [3.63, 3.8) is 0 Å². The molecule has 2 heterocycles. The van der Waals surface area contributed by atoms with Gasteiger partial charge in [-0.25, -0.2) is 4.98 Å². The van der Waals surface area contributed by atoms with Crippen molar-refractivity contribution < 1.29 is 4.74 Å². The molecule has 6 nitrogen and oxygen atoms in total. The van der Waals surface area contributed by atoms with Gasteiger partial charge in [-0.1, -0.05) is 13.8 Å². The summed E-state index contributed by atoms with van der Waals surface area (Å²) in [7, 11) is 1.82. The Bertz CT molecular complexity index is 520. The Hall–Kier alpha value is -2.11. The van der Waals surface area contributed by atoms with E-state index in [1.807, 2.05) is 20.9 Å². The zero-order valence-corrected chi connectivity index (χ0v) is 10.1. The number of aryl methyl sites for hydroxylation is 1. The average molecular weight is 233 g/mol. The first-order chi connectivity index (χ1) is 8.04. The molecule has 0 amide bonds. The molecule has 0 aliphatic rings. The molecule has 0 atom stereocenters. The Labute approximate surface area is 99.4 Å². The van der Waals surface area contributed by atoms with Crippen LogP contribution in [0.15, 0.2) is 18.5 Å². The van der Waals surface area contributed by atoms with Crippen LogP contribution < -0.4 is 10.5 Å². The van der Waals surface area contributed by atoms with Crippen molar-refractivity contribution in [1.82, 2.24) is 19.7 Å². The molecule has 0 unspecified atom stereocenters. The van der Waals surface area contributed by atoms with E-state index in [2.05, 4.69) is 15.1 Å². The Morgan fingerprint density at radius 1 is 1.35 bits per heavy atom. The Morgan fingerprint density at radius 3 is 2.71 bits per heavy atom. The monoisotopic (exact) mass is 233 g/mol. The number of hydrogen-bond acceptors (Lipinski definition) is 5. The van der Waals surface area contributed by atoms with Crippen molar-refractivity contribution >= 4 is 5.82 Å². The van der Waals surface area contributed by atoms with Crippen LogP contribution in [-0.2, 0) is 7.05 Å². The Balaban J connectivity index is 2.26. The quantitative estimate of drug-likeness (QED) is 0.873. The molecule has 2 aromatic rings. The minimum Gasteiger partial charge on any atom is -0.436 e. The second-order valence-corrected chi connectivity index (χ2v) is 4.10. The van der Waals surface area contributed by atoms with Crippen LogP contribution in [0.3, 0.4) is 0 Å². The number of aromatic nitrogens is 4. The third-order valence-corrected chi connectivity index (χ3v) is 2.16. The van der Waals surface area contributed by atoms with Gasteiger partial charge in [0.05, 0.1) is 12.4 Å². The lowest BCUT2D eigenvalue weighted by Crippen LogP contribution is -2.02. The molecule has 6 heteroatoms. The minimum atomic E-state index is 0.203. The molecule has 0 saturated heterocycles. The maximum Gasteiger partial charge on any atom is 0.224 e. The van der Waals surface area contributed by atoms with Gasteiger partial charge in [-0.05, 0) is 0 Å². The van der Waals surface area contributed by atoms with Crippen molar-refractivity contribution in [3.05, 3.63) is 24.3 Å². The number of nitrogens with two attached hydrogens (primary N) is 1. The molecule has 2 aromatic heterocycles. The van der Waals surface area contributed by atoms with Gasteiger partial charge in [-0.2, -0.15) is 10.1 Å². The highest BCUT2D eigenvalue weighted by Gasteiger charge is 2.08. The molecule has 90 valence electrons. The summed E-state index contributed by atoms with van der Waals surface area (Å²) in [5.74, 6) is 2.34. The van der Waals surface area contributed by atoms with Gasteiger partial charge in [-0.3, -0.25) is 4.68 Å².